The van der Waals surface area contributed by atoms with Gasteiger partial charge in [0, 0.05) is 29.9 Å². The number of hydrogen-bond acceptors (Lipinski definition) is 6. The fourth-order valence-corrected chi connectivity index (χ4v) is 5.46. The van der Waals surface area contributed by atoms with Crippen molar-refractivity contribution in [2.24, 2.45) is 0 Å². The molecule has 43 heavy (non-hydrogen) atoms. The Hall–Kier alpha value is -5.10. The summed E-state index contributed by atoms with van der Waals surface area (Å²) in [7, 11) is -4.42. The number of ether oxygens (including phenoxy) is 1. The first-order valence-corrected chi connectivity index (χ1v) is 14.7. The van der Waals surface area contributed by atoms with Gasteiger partial charge in [0.15, 0.2) is 18.2 Å². The third-order valence-corrected chi connectivity index (χ3v) is 7.90. The molecule has 0 fully saturated rings. The first-order chi connectivity index (χ1) is 20.7. The quantitative estimate of drug-likeness (QED) is 0.223. The van der Waals surface area contributed by atoms with Crippen molar-refractivity contribution in [2.75, 3.05) is 11.9 Å². The number of sulfonamides is 1. The van der Waals surface area contributed by atoms with Gasteiger partial charge in [-0.2, -0.15) is 5.10 Å². The lowest BCUT2D eigenvalue weighted by molar-refractivity contribution is -0.119. The van der Waals surface area contributed by atoms with Gasteiger partial charge < -0.3 is 10.1 Å². The molecule has 4 aromatic carbocycles. The summed E-state index contributed by atoms with van der Waals surface area (Å²) >= 11 is 0. The molecule has 9 nitrogen and oxygen atoms in total. The molecule has 0 saturated carbocycles. The second kappa shape index (κ2) is 12.8. The van der Waals surface area contributed by atoms with Crippen molar-refractivity contribution in [3.63, 3.8) is 0 Å². The normalized spacial score (nSPS) is 11.3. The molecule has 0 aliphatic carbocycles. The number of nitrogens with zero attached hydrogens (tertiary/aromatic N) is 2. The van der Waals surface area contributed by atoms with Crippen LogP contribution in [0.2, 0.25) is 0 Å². The van der Waals surface area contributed by atoms with Gasteiger partial charge in [-0.25, -0.2) is 21.9 Å². The molecule has 0 atom stereocenters. The van der Waals surface area contributed by atoms with Crippen molar-refractivity contribution in [3.8, 4) is 5.75 Å². The monoisotopic (exact) mass is 604 g/mol. The van der Waals surface area contributed by atoms with E-state index in [9.17, 15) is 26.8 Å². The summed E-state index contributed by atoms with van der Waals surface area (Å²) in [6, 6.07) is 22.3. The van der Waals surface area contributed by atoms with Crippen LogP contribution in [-0.2, 0) is 32.6 Å². The first-order valence-electron chi connectivity index (χ1n) is 13.2. The average molecular weight is 605 g/mol. The van der Waals surface area contributed by atoms with Crippen LogP contribution in [0.4, 0.5) is 14.5 Å². The van der Waals surface area contributed by atoms with Gasteiger partial charge in [0.1, 0.15) is 5.75 Å². The second-order valence-corrected chi connectivity index (χ2v) is 11.3. The molecule has 2 N–H and O–H groups in total. The molecule has 0 bridgehead atoms. The highest BCUT2D eigenvalue weighted by Crippen LogP contribution is 2.25. The van der Waals surface area contributed by atoms with Crippen LogP contribution in [-0.4, -0.2) is 36.6 Å². The fraction of sp³-hybridized carbons (Fsp3) is 0.129. The number of rotatable bonds is 11. The molecule has 0 aliphatic rings. The highest BCUT2D eigenvalue weighted by molar-refractivity contribution is 7.90. The number of benzene rings is 4. The van der Waals surface area contributed by atoms with E-state index in [0.29, 0.717) is 35.7 Å². The van der Waals surface area contributed by atoms with E-state index in [-0.39, 0.29) is 19.4 Å². The maximum atomic E-state index is 13.5. The summed E-state index contributed by atoms with van der Waals surface area (Å²) in [4.78, 5) is 24.8. The minimum atomic E-state index is -4.42. The van der Waals surface area contributed by atoms with Crippen molar-refractivity contribution in [1.82, 2.24) is 14.5 Å². The van der Waals surface area contributed by atoms with Gasteiger partial charge in [0.25, 0.3) is 15.9 Å². The lowest BCUT2D eigenvalue weighted by atomic mass is 10.1. The van der Waals surface area contributed by atoms with Crippen LogP contribution in [0.3, 0.4) is 0 Å². The van der Waals surface area contributed by atoms with E-state index in [4.69, 9.17) is 4.74 Å². The number of aryl methyl sites for hydroxylation is 1. The Kier molecular flexibility index (Phi) is 8.77. The smallest absolute Gasteiger partial charge is 0.264 e. The molecule has 5 rings (SSSR count). The number of fused-ring (bicyclic) bond motifs is 1. The van der Waals surface area contributed by atoms with Gasteiger partial charge in [-0.3, -0.25) is 14.3 Å². The first kappa shape index (κ1) is 29.4. The third-order valence-electron chi connectivity index (χ3n) is 6.53. The Bertz CT molecular complexity index is 1890. The van der Waals surface area contributed by atoms with Gasteiger partial charge in [-0.1, -0.05) is 48.5 Å². The van der Waals surface area contributed by atoms with Gasteiger partial charge in [-0.15, -0.1) is 0 Å². The molecule has 5 aromatic rings. The summed E-state index contributed by atoms with van der Waals surface area (Å²) in [5.74, 6) is -3.47. The zero-order valence-electron chi connectivity index (χ0n) is 22.7. The standard InChI is InChI=1S/C31H26F2N4O5S/c32-26-13-12-24(18-27(26)33)43(40,41)36-30(38)14-11-23-10-9-21(19-37-16-4-15-34-37)17-29(23)42-20-31(39)35-28-8-3-6-22-5-1-2-7-25(22)28/h1-10,12-13,15-18H,11,14,19-20H2,(H,35,39)(H,36,38). The molecule has 220 valence electrons. The predicted molar refractivity (Wildman–Crippen MR) is 156 cm³/mol. The van der Waals surface area contributed by atoms with Crippen LogP contribution in [0.1, 0.15) is 17.5 Å². The fourth-order valence-electron chi connectivity index (χ4n) is 4.44. The van der Waals surface area contributed by atoms with Crippen molar-refractivity contribution >= 4 is 38.3 Å². The number of amides is 2. The lowest BCUT2D eigenvalue weighted by Gasteiger charge is -2.14. The summed E-state index contributed by atoms with van der Waals surface area (Å²) in [6.07, 6.45) is 3.25. The SMILES string of the molecule is O=C(COc1cc(Cn2cccn2)ccc1CCC(=O)NS(=O)(=O)c1ccc(F)c(F)c1)Nc1cccc2ccccc12. The van der Waals surface area contributed by atoms with Gasteiger partial charge >= 0.3 is 0 Å². The Balaban J connectivity index is 1.28. The van der Waals surface area contributed by atoms with E-state index < -0.39 is 38.4 Å². The topological polar surface area (TPSA) is 119 Å². The van der Waals surface area contributed by atoms with Crippen LogP contribution >= 0.6 is 0 Å². The van der Waals surface area contributed by atoms with E-state index >= 15 is 0 Å². The van der Waals surface area contributed by atoms with Crippen molar-refractivity contribution in [3.05, 3.63) is 120 Å². The van der Waals surface area contributed by atoms with E-state index in [1.54, 1.807) is 41.3 Å². The number of anilines is 1. The number of aromatic nitrogens is 2. The number of carbonyl (C=O) groups is 2. The molecule has 0 aliphatic heterocycles. The molecule has 0 saturated heterocycles. The summed E-state index contributed by atoms with van der Waals surface area (Å²) in [6.45, 7) is 0.108. The van der Waals surface area contributed by atoms with Crippen LogP contribution in [0.15, 0.2) is 102 Å². The number of halogens is 2. The van der Waals surface area contributed by atoms with Gasteiger partial charge in [0.05, 0.1) is 11.4 Å². The minimum absolute atomic E-state index is 0.0709. The van der Waals surface area contributed by atoms with Crippen molar-refractivity contribution in [2.45, 2.75) is 24.3 Å². The third kappa shape index (κ3) is 7.41. The molecular weight excluding hydrogens is 578 g/mol. The van der Waals surface area contributed by atoms with Gasteiger partial charge in [0.2, 0.25) is 5.91 Å². The average Bonchev–Trinajstić information content (AvgIpc) is 3.50. The number of nitrogens with one attached hydrogen (secondary N) is 2. The van der Waals surface area contributed by atoms with E-state index in [1.807, 2.05) is 47.2 Å². The highest BCUT2D eigenvalue weighted by Gasteiger charge is 2.20. The van der Waals surface area contributed by atoms with E-state index in [2.05, 4.69) is 10.4 Å². The van der Waals surface area contributed by atoms with Gasteiger partial charge in [-0.05, 0) is 59.3 Å². The largest absolute Gasteiger partial charge is 0.483 e. The van der Waals surface area contributed by atoms with E-state index in [1.165, 1.54) is 0 Å². The zero-order chi connectivity index (χ0) is 30.4. The van der Waals surface area contributed by atoms with Crippen LogP contribution in [0.5, 0.6) is 5.75 Å². The Morgan fingerprint density at radius 1 is 0.884 bits per heavy atom. The maximum absolute atomic E-state index is 13.5. The Morgan fingerprint density at radius 3 is 2.49 bits per heavy atom. The molecule has 1 heterocycles. The molecule has 1 aromatic heterocycles. The highest BCUT2D eigenvalue weighted by atomic mass is 32.2. The molecule has 0 radical (unpaired) electrons. The molecule has 0 spiro atoms. The van der Waals surface area contributed by atoms with Crippen LogP contribution < -0.4 is 14.8 Å². The van der Waals surface area contributed by atoms with Crippen molar-refractivity contribution < 1.29 is 31.5 Å². The van der Waals surface area contributed by atoms with Crippen LogP contribution in [0.25, 0.3) is 10.8 Å². The van der Waals surface area contributed by atoms with Crippen LogP contribution in [0, 0.1) is 11.6 Å². The predicted octanol–water partition coefficient (Wildman–Crippen LogP) is 4.82. The van der Waals surface area contributed by atoms with Crippen molar-refractivity contribution in [1.29, 1.82) is 0 Å². The minimum Gasteiger partial charge on any atom is -0.483 e. The Morgan fingerprint density at radius 2 is 1.70 bits per heavy atom. The molecule has 2 amide bonds. The second-order valence-electron chi connectivity index (χ2n) is 9.61. The summed E-state index contributed by atoms with van der Waals surface area (Å²) < 4.78 is 61.2. The molecule has 0 unspecified atom stereocenters. The zero-order valence-corrected chi connectivity index (χ0v) is 23.5. The summed E-state index contributed by atoms with van der Waals surface area (Å²) in [5.41, 5.74) is 2.02. The molecule has 12 heteroatoms. The maximum Gasteiger partial charge on any atom is 0.264 e. The summed E-state index contributed by atoms with van der Waals surface area (Å²) in [5, 5.41) is 8.91. The molecular formula is C31H26F2N4O5S. The number of hydrogen-bond donors (Lipinski definition) is 2. The lowest BCUT2D eigenvalue weighted by Crippen LogP contribution is -2.30. The Labute approximate surface area is 246 Å². The van der Waals surface area contributed by atoms with E-state index in [0.717, 1.165) is 22.4 Å². The number of carbonyl (C=O) groups excluding carboxylic acids is 2.